The van der Waals surface area contributed by atoms with E-state index in [0.29, 0.717) is 5.56 Å². The third kappa shape index (κ3) is 4.24. The Hall–Kier alpha value is -5.20. The molecule has 0 saturated heterocycles. The van der Waals surface area contributed by atoms with Gasteiger partial charge in [-0.2, -0.15) is 0 Å². The molecule has 0 unspecified atom stereocenters. The van der Waals surface area contributed by atoms with E-state index >= 15 is 0 Å². The van der Waals surface area contributed by atoms with E-state index in [1.165, 1.54) is 36.4 Å². The van der Waals surface area contributed by atoms with Crippen LogP contribution in [-0.4, -0.2) is 63.3 Å². The normalized spacial score (nSPS) is 22.9. The molecule has 218 valence electrons. The van der Waals surface area contributed by atoms with Gasteiger partial charge >= 0.3 is 0 Å². The SMILES string of the molecule is Oc1ccc2c(c1)O[C@H](c1cc(O)c(O)c(O)c1)[C@@H](O)[C@@H]2c1c(O)cc(O)c2c1O[C@H](c1ccc(O)c(O)c1)[C@H](O)C2. The van der Waals surface area contributed by atoms with Crippen LogP contribution in [0.1, 0.15) is 45.9 Å². The number of hydrogen-bond acceptors (Lipinski definition) is 12. The highest BCUT2D eigenvalue weighted by Gasteiger charge is 2.45. The van der Waals surface area contributed by atoms with E-state index < -0.39 is 59.1 Å². The number of ether oxygens (including phenoxy) is 2. The minimum atomic E-state index is -1.54. The zero-order valence-electron chi connectivity index (χ0n) is 21.6. The van der Waals surface area contributed by atoms with Crippen LogP contribution in [0.4, 0.5) is 0 Å². The summed E-state index contributed by atoms with van der Waals surface area (Å²) in [4.78, 5) is 0. The molecule has 4 aromatic rings. The summed E-state index contributed by atoms with van der Waals surface area (Å²) in [5, 5.41) is 105. The molecule has 0 saturated carbocycles. The van der Waals surface area contributed by atoms with Crippen LogP contribution in [0.25, 0.3) is 0 Å². The molecular weight excluding hydrogens is 552 g/mol. The first kappa shape index (κ1) is 27.0. The summed E-state index contributed by atoms with van der Waals surface area (Å²) in [6.07, 6.45) is -5.35. The van der Waals surface area contributed by atoms with Crippen molar-refractivity contribution in [2.24, 2.45) is 0 Å². The van der Waals surface area contributed by atoms with Crippen LogP contribution in [0.5, 0.6) is 57.5 Å². The van der Waals surface area contributed by atoms with Gasteiger partial charge in [-0.05, 0) is 35.9 Å². The maximum atomic E-state index is 11.7. The van der Waals surface area contributed by atoms with Gasteiger partial charge in [-0.1, -0.05) is 12.1 Å². The Morgan fingerprint density at radius 1 is 0.595 bits per heavy atom. The van der Waals surface area contributed by atoms with Crippen LogP contribution in [-0.2, 0) is 6.42 Å². The van der Waals surface area contributed by atoms with Gasteiger partial charge in [-0.15, -0.1) is 0 Å². The number of fused-ring (bicyclic) bond motifs is 2. The van der Waals surface area contributed by atoms with Gasteiger partial charge in [0.15, 0.2) is 34.9 Å². The molecule has 12 nitrogen and oxygen atoms in total. The molecule has 0 aliphatic carbocycles. The first-order valence-electron chi connectivity index (χ1n) is 12.8. The number of aromatic hydroxyl groups is 8. The van der Waals surface area contributed by atoms with Crippen LogP contribution >= 0.6 is 0 Å². The molecule has 6 rings (SSSR count). The Balaban J connectivity index is 1.53. The van der Waals surface area contributed by atoms with Gasteiger partial charge in [-0.3, -0.25) is 0 Å². The molecule has 4 aromatic carbocycles. The fourth-order valence-electron chi connectivity index (χ4n) is 5.68. The zero-order valence-corrected chi connectivity index (χ0v) is 21.6. The van der Waals surface area contributed by atoms with Gasteiger partial charge in [0, 0.05) is 46.7 Å². The first-order chi connectivity index (χ1) is 19.9. The van der Waals surface area contributed by atoms with Crippen LogP contribution in [0.3, 0.4) is 0 Å². The van der Waals surface area contributed by atoms with Crippen molar-refractivity contribution in [2.45, 2.75) is 36.8 Å². The molecular formula is C30H26O12. The van der Waals surface area contributed by atoms with Crippen molar-refractivity contribution in [2.75, 3.05) is 0 Å². The first-order valence-corrected chi connectivity index (χ1v) is 12.8. The van der Waals surface area contributed by atoms with Gasteiger partial charge in [0.05, 0.1) is 6.10 Å². The molecule has 2 heterocycles. The number of benzene rings is 4. The summed E-state index contributed by atoms with van der Waals surface area (Å²) < 4.78 is 12.2. The van der Waals surface area contributed by atoms with Crippen molar-refractivity contribution in [1.29, 1.82) is 0 Å². The van der Waals surface area contributed by atoms with Crippen molar-refractivity contribution in [3.63, 3.8) is 0 Å². The standard InChI is InChI=1S/C30H26O12/c31-13-2-3-14-23(8-13)41-29(12-6-20(36)26(39)21(37)7-12)27(40)24(14)25-19(35)10-17(33)15-9-22(38)28(42-30(15)25)11-1-4-16(32)18(34)5-11/h1-8,10,22,24,27-29,31-40H,9H2/t22-,24+,27+,28-,29-/m1/s1. The Bertz CT molecular complexity index is 1690. The lowest BCUT2D eigenvalue weighted by Gasteiger charge is -2.40. The summed E-state index contributed by atoms with van der Waals surface area (Å²) >= 11 is 0. The fourth-order valence-corrected chi connectivity index (χ4v) is 5.68. The van der Waals surface area contributed by atoms with E-state index in [-0.39, 0.29) is 57.4 Å². The number of rotatable bonds is 3. The Labute approximate surface area is 237 Å². The molecule has 0 radical (unpaired) electrons. The van der Waals surface area contributed by atoms with E-state index in [9.17, 15) is 51.1 Å². The predicted molar refractivity (Wildman–Crippen MR) is 143 cm³/mol. The minimum Gasteiger partial charge on any atom is -0.508 e. The van der Waals surface area contributed by atoms with Crippen molar-refractivity contribution >= 4 is 0 Å². The summed E-state index contributed by atoms with van der Waals surface area (Å²) in [6, 6.07) is 11.2. The van der Waals surface area contributed by atoms with E-state index in [0.717, 1.165) is 18.2 Å². The minimum absolute atomic E-state index is 0.00247. The Kier molecular flexibility index (Phi) is 6.24. The van der Waals surface area contributed by atoms with Crippen LogP contribution < -0.4 is 9.47 Å². The average molecular weight is 579 g/mol. The van der Waals surface area contributed by atoms with Gasteiger partial charge in [0.25, 0.3) is 0 Å². The van der Waals surface area contributed by atoms with Crippen molar-refractivity contribution in [3.8, 4) is 57.5 Å². The molecule has 10 N–H and O–H groups in total. The third-order valence-electron chi connectivity index (χ3n) is 7.68. The lowest BCUT2D eigenvalue weighted by atomic mass is 9.77. The van der Waals surface area contributed by atoms with Gasteiger partial charge in [0.1, 0.15) is 41.0 Å². The molecule has 5 atom stereocenters. The van der Waals surface area contributed by atoms with E-state index in [2.05, 4.69) is 0 Å². The molecule has 2 aliphatic rings. The van der Waals surface area contributed by atoms with E-state index in [1.54, 1.807) is 0 Å². The van der Waals surface area contributed by atoms with Crippen LogP contribution in [0, 0.1) is 0 Å². The molecule has 0 bridgehead atoms. The molecule has 42 heavy (non-hydrogen) atoms. The highest BCUT2D eigenvalue weighted by atomic mass is 16.5. The number of aliphatic hydroxyl groups is 2. The summed E-state index contributed by atoms with van der Waals surface area (Å²) in [5.41, 5.74) is 0.770. The number of aliphatic hydroxyl groups excluding tert-OH is 2. The van der Waals surface area contributed by atoms with Gasteiger partial charge < -0.3 is 60.5 Å². The fraction of sp³-hybridized carbons (Fsp3) is 0.200. The average Bonchev–Trinajstić information content (AvgIpc) is 2.94. The lowest BCUT2D eigenvalue weighted by molar-refractivity contribution is 0.00179. The summed E-state index contributed by atoms with van der Waals surface area (Å²) in [6.45, 7) is 0. The Morgan fingerprint density at radius 3 is 1.98 bits per heavy atom. The molecule has 0 aromatic heterocycles. The number of phenolic OH excluding ortho intramolecular Hbond substituents is 8. The molecule has 12 heteroatoms. The van der Waals surface area contributed by atoms with Crippen molar-refractivity contribution in [1.82, 2.24) is 0 Å². The highest BCUT2D eigenvalue weighted by Crippen LogP contribution is 2.55. The zero-order chi connectivity index (χ0) is 30.0. The smallest absolute Gasteiger partial charge is 0.200 e. The largest absolute Gasteiger partial charge is 0.508 e. The predicted octanol–water partition coefficient (Wildman–Crippen LogP) is 3.00. The topological polar surface area (TPSA) is 221 Å². The van der Waals surface area contributed by atoms with Crippen LogP contribution in [0.2, 0.25) is 0 Å². The Morgan fingerprint density at radius 2 is 1.29 bits per heavy atom. The second kappa shape index (κ2) is 9.72. The second-order valence-electron chi connectivity index (χ2n) is 10.3. The molecule has 2 aliphatic heterocycles. The van der Waals surface area contributed by atoms with Gasteiger partial charge in [0.2, 0.25) is 0 Å². The lowest BCUT2D eigenvalue weighted by Crippen LogP contribution is -2.36. The monoisotopic (exact) mass is 578 g/mol. The maximum absolute atomic E-state index is 11.7. The third-order valence-corrected chi connectivity index (χ3v) is 7.68. The highest BCUT2D eigenvalue weighted by molar-refractivity contribution is 5.64. The van der Waals surface area contributed by atoms with Crippen molar-refractivity contribution in [3.05, 3.63) is 82.4 Å². The summed E-state index contributed by atoms with van der Waals surface area (Å²) in [7, 11) is 0. The second-order valence-corrected chi connectivity index (χ2v) is 10.3. The number of hydrogen-bond donors (Lipinski definition) is 10. The van der Waals surface area contributed by atoms with E-state index in [4.69, 9.17) is 9.47 Å². The van der Waals surface area contributed by atoms with Crippen LogP contribution in [0.15, 0.2) is 54.6 Å². The summed E-state index contributed by atoms with van der Waals surface area (Å²) in [5.74, 6) is -5.14. The molecule has 0 amide bonds. The van der Waals surface area contributed by atoms with Gasteiger partial charge in [-0.25, -0.2) is 0 Å². The quantitative estimate of drug-likeness (QED) is 0.159. The van der Waals surface area contributed by atoms with Crippen molar-refractivity contribution < 1.29 is 60.5 Å². The maximum Gasteiger partial charge on any atom is 0.200 e. The number of phenols is 8. The van der Waals surface area contributed by atoms with E-state index in [1.807, 2.05) is 0 Å². The molecule has 0 fully saturated rings. The molecule has 0 spiro atoms.